The Kier molecular flexibility index (Phi) is 6.18. The summed E-state index contributed by atoms with van der Waals surface area (Å²) in [7, 11) is 0. The summed E-state index contributed by atoms with van der Waals surface area (Å²) in [5, 5.41) is 5.28. The number of carbonyl (C=O) groups excluding carboxylic acids is 3. The Morgan fingerprint density at radius 3 is 2.43 bits per heavy atom. The fraction of sp³-hybridized carbons (Fsp3) is 0.800. The van der Waals surface area contributed by atoms with Crippen LogP contribution in [0.3, 0.4) is 0 Å². The third-order valence-electron chi connectivity index (χ3n) is 3.52. The highest BCUT2D eigenvalue weighted by molar-refractivity contribution is 5.87. The summed E-state index contributed by atoms with van der Waals surface area (Å²) in [4.78, 5) is 37.5. The molecule has 0 aromatic heterocycles. The zero-order valence-corrected chi connectivity index (χ0v) is 13.5. The van der Waals surface area contributed by atoms with Gasteiger partial charge in [-0.25, -0.2) is 0 Å². The number of nitrogens with zero attached hydrogens (tertiary/aromatic N) is 1. The molecule has 1 heterocycles. The molecule has 0 aromatic carbocycles. The maximum atomic E-state index is 12.3. The molecule has 0 unspecified atom stereocenters. The van der Waals surface area contributed by atoms with Gasteiger partial charge in [-0.05, 0) is 19.8 Å². The molecule has 1 aliphatic rings. The van der Waals surface area contributed by atoms with Crippen molar-refractivity contribution in [2.45, 2.75) is 40.5 Å². The van der Waals surface area contributed by atoms with E-state index in [1.807, 2.05) is 27.7 Å². The van der Waals surface area contributed by atoms with Crippen LogP contribution in [0.2, 0.25) is 0 Å². The molecule has 120 valence electrons. The Morgan fingerprint density at radius 2 is 1.86 bits per heavy atom. The average molecular weight is 297 g/mol. The fourth-order valence-electron chi connectivity index (χ4n) is 2.42. The van der Waals surface area contributed by atoms with E-state index in [-0.39, 0.29) is 30.2 Å². The monoisotopic (exact) mass is 297 g/mol. The van der Waals surface area contributed by atoms with Gasteiger partial charge < -0.3 is 15.5 Å². The van der Waals surface area contributed by atoms with Gasteiger partial charge in [0, 0.05) is 25.0 Å². The fourth-order valence-corrected chi connectivity index (χ4v) is 2.42. The lowest BCUT2D eigenvalue weighted by atomic mass is 9.91. The standard InChI is InChI=1S/C15H27N3O3/c1-5-16-12(19)9-17-13(20)11-7-6-8-18(10-11)14(21)15(2,3)4/h11H,5-10H2,1-4H3,(H,16,19)(H,17,20)/t11-/m1/s1. The van der Waals surface area contributed by atoms with Crippen LogP contribution in [-0.4, -0.2) is 48.8 Å². The minimum absolute atomic E-state index is 0.00358. The van der Waals surface area contributed by atoms with Gasteiger partial charge in [0.2, 0.25) is 17.7 Å². The van der Waals surface area contributed by atoms with Crippen molar-refractivity contribution in [1.82, 2.24) is 15.5 Å². The molecule has 2 N–H and O–H groups in total. The highest BCUT2D eigenvalue weighted by atomic mass is 16.2. The zero-order valence-electron chi connectivity index (χ0n) is 13.5. The van der Waals surface area contributed by atoms with Gasteiger partial charge in [-0.2, -0.15) is 0 Å². The third kappa shape index (κ3) is 5.36. The van der Waals surface area contributed by atoms with Crippen LogP contribution in [0.5, 0.6) is 0 Å². The van der Waals surface area contributed by atoms with Crippen molar-refractivity contribution in [1.29, 1.82) is 0 Å². The SMILES string of the molecule is CCNC(=O)CNC(=O)[C@@H]1CCCN(C(=O)C(C)(C)C)C1. The van der Waals surface area contributed by atoms with Gasteiger partial charge in [0.25, 0.3) is 0 Å². The Bertz CT molecular complexity index is 401. The van der Waals surface area contributed by atoms with Crippen molar-refractivity contribution in [3.63, 3.8) is 0 Å². The first-order chi connectivity index (χ1) is 9.75. The second-order valence-electron chi connectivity index (χ2n) is 6.51. The van der Waals surface area contributed by atoms with E-state index in [0.717, 1.165) is 12.8 Å². The summed E-state index contributed by atoms with van der Waals surface area (Å²) >= 11 is 0. The van der Waals surface area contributed by atoms with Crippen LogP contribution in [0.4, 0.5) is 0 Å². The van der Waals surface area contributed by atoms with Crippen molar-refractivity contribution in [3.05, 3.63) is 0 Å². The minimum atomic E-state index is -0.431. The van der Waals surface area contributed by atoms with Crippen molar-refractivity contribution in [3.8, 4) is 0 Å². The van der Waals surface area contributed by atoms with Gasteiger partial charge in [-0.1, -0.05) is 20.8 Å². The molecule has 6 heteroatoms. The number of likely N-dealkylation sites (N-methyl/N-ethyl adjacent to an activating group) is 1. The topological polar surface area (TPSA) is 78.5 Å². The largest absolute Gasteiger partial charge is 0.355 e. The van der Waals surface area contributed by atoms with Crippen molar-refractivity contribution < 1.29 is 14.4 Å². The lowest BCUT2D eigenvalue weighted by Crippen LogP contribution is -2.49. The van der Waals surface area contributed by atoms with E-state index >= 15 is 0 Å². The molecule has 0 radical (unpaired) electrons. The van der Waals surface area contributed by atoms with Crippen LogP contribution < -0.4 is 10.6 Å². The molecule has 1 fully saturated rings. The van der Waals surface area contributed by atoms with Crippen LogP contribution in [-0.2, 0) is 14.4 Å². The molecule has 21 heavy (non-hydrogen) atoms. The summed E-state index contributed by atoms with van der Waals surface area (Å²) in [6.45, 7) is 9.17. The van der Waals surface area contributed by atoms with E-state index in [0.29, 0.717) is 19.6 Å². The number of hydrogen-bond acceptors (Lipinski definition) is 3. The Labute approximate surface area is 126 Å². The first-order valence-electron chi connectivity index (χ1n) is 7.59. The predicted octanol–water partition coefficient (Wildman–Crippen LogP) is 0.523. The molecule has 1 saturated heterocycles. The van der Waals surface area contributed by atoms with Gasteiger partial charge in [0.1, 0.15) is 0 Å². The van der Waals surface area contributed by atoms with Crippen LogP contribution >= 0.6 is 0 Å². The highest BCUT2D eigenvalue weighted by Gasteiger charge is 2.33. The number of rotatable bonds is 4. The molecule has 1 rings (SSSR count). The number of piperidine rings is 1. The van der Waals surface area contributed by atoms with Crippen molar-refractivity contribution >= 4 is 17.7 Å². The molecule has 0 aliphatic carbocycles. The molecule has 1 atom stereocenters. The summed E-state index contributed by atoms with van der Waals surface area (Å²) in [5.41, 5.74) is -0.431. The Morgan fingerprint density at radius 1 is 1.19 bits per heavy atom. The Hall–Kier alpha value is -1.59. The lowest BCUT2D eigenvalue weighted by molar-refractivity contribution is -0.143. The molecule has 1 aliphatic heterocycles. The normalized spacial score (nSPS) is 19.0. The van der Waals surface area contributed by atoms with Gasteiger partial charge >= 0.3 is 0 Å². The maximum Gasteiger partial charge on any atom is 0.239 e. The third-order valence-corrected chi connectivity index (χ3v) is 3.52. The maximum absolute atomic E-state index is 12.3. The van der Waals surface area contributed by atoms with E-state index < -0.39 is 5.41 Å². The average Bonchev–Trinajstić information content (AvgIpc) is 2.43. The van der Waals surface area contributed by atoms with Gasteiger partial charge in [-0.3, -0.25) is 14.4 Å². The van der Waals surface area contributed by atoms with E-state index in [4.69, 9.17) is 0 Å². The summed E-state index contributed by atoms with van der Waals surface area (Å²) in [5.74, 6) is -0.486. The molecule has 0 saturated carbocycles. The van der Waals surface area contributed by atoms with E-state index in [1.54, 1.807) is 4.90 Å². The van der Waals surface area contributed by atoms with Crippen LogP contribution in [0, 0.1) is 11.3 Å². The summed E-state index contributed by atoms with van der Waals surface area (Å²) < 4.78 is 0. The predicted molar refractivity (Wildman–Crippen MR) is 80.5 cm³/mol. The number of hydrogen-bond donors (Lipinski definition) is 2. The molecule has 3 amide bonds. The quantitative estimate of drug-likeness (QED) is 0.794. The second kappa shape index (κ2) is 7.43. The molecule has 6 nitrogen and oxygen atoms in total. The summed E-state index contributed by atoms with van der Waals surface area (Å²) in [6, 6.07) is 0. The number of carbonyl (C=O) groups is 3. The second-order valence-corrected chi connectivity index (χ2v) is 6.51. The van der Waals surface area contributed by atoms with Gasteiger partial charge in [-0.15, -0.1) is 0 Å². The van der Waals surface area contributed by atoms with Crippen LogP contribution in [0.15, 0.2) is 0 Å². The first kappa shape index (κ1) is 17.5. The smallest absolute Gasteiger partial charge is 0.239 e. The van der Waals surface area contributed by atoms with Crippen molar-refractivity contribution in [2.75, 3.05) is 26.2 Å². The van der Waals surface area contributed by atoms with Crippen LogP contribution in [0.25, 0.3) is 0 Å². The summed E-state index contributed by atoms with van der Waals surface area (Å²) in [6.07, 6.45) is 1.58. The first-order valence-corrected chi connectivity index (χ1v) is 7.59. The van der Waals surface area contributed by atoms with Crippen molar-refractivity contribution in [2.24, 2.45) is 11.3 Å². The zero-order chi connectivity index (χ0) is 16.0. The number of amides is 3. The molecule has 0 spiro atoms. The molecule has 0 bridgehead atoms. The van der Waals surface area contributed by atoms with Gasteiger partial charge in [0.05, 0.1) is 12.5 Å². The Balaban J connectivity index is 2.50. The molecular formula is C15H27N3O3. The highest BCUT2D eigenvalue weighted by Crippen LogP contribution is 2.23. The number of likely N-dealkylation sites (tertiary alicyclic amines) is 1. The van der Waals surface area contributed by atoms with E-state index in [2.05, 4.69) is 10.6 Å². The number of nitrogens with one attached hydrogen (secondary N) is 2. The lowest BCUT2D eigenvalue weighted by Gasteiger charge is -2.35. The molecular weight excluding hydrogens is 270 g/mol. The van der Waals surface area contributed by atoms with Crippen LogP contribution in [0.1, 0.15) is 40.5 Å². The van der Waals surface area contributed by atoms with E-state index in [9.17, 15) is 14.4 Å². The van der Waals surface area contributed by atoms with Gasteiger partial charge in [0.15, 0.2) is 0 Å². The minimum Gasteiger partial charge on any atom is -0.355 e. The molecule has 0 aromatic rings. The van der Waals surface area contributed by atoms with E-state index in [1.165, 1.54) is 0 Å².